The van der Waals surface area contributed by atoms with Crippen molar-refractivity contribution < 1.29 is 9.53 Å². The van der Waals surface area contributed by atoms with E-state index in [2.05, 4.69) is 52.4 Å². The number of aryl methyl sites for hydroxylation is 1. The Bertz CT molecular complexity index is 995. The zero-order valence-electron chi connectivity index (χ0n) is 16.3. The molecule has 0 bridgehead atoms. The second-order valence-corrected chi connectivity index (χ2v) is 9.66. The molecule has 152 valence electrons. The van der Waals surface area contributed by atoms with Crippen molar-refractivity contribution in [2.75, 3.05) is 13.1 Å². The molecule has 2 aromatic heterocycles. The molecule has 2 saturated heterocycles. The van der Waals surface area contributed by atoms with Crippen LogP contribution in [-0.4, -0.2) is 41.0 Å². The fraction of sp³-hybridized carbons (Fsp3) is 0.429. The standard InChI is InChI=1S/C21H24N4O2S2/c1-13-4-2-5-18-19(13)22-21(29-18)27-14-7-9-25(10-8-14)20(26)16-12-15(23-24-16)17-6-3-11-28-17/h2-6,11,14-16,23-24H,7-10,12H2,1H3. The summed E-state index contributed by atoms with van der Waals surface area (Å²) < 4.78 is 7.32. The van der Waals surface area contributed by atoms with Crippen LogP contribution < -0.4 is 15.6 Å². The van der Waals surface area contributed by atoms with Crippen LogP contribution in [-0.2, 0) is 4.79 Å². The molecule has 2 aliphatic rings. The average molecular weight is 429 g/mol. The van der Waals surface area contributed by atoms with Crippen LogP contribution in [0.1, 0.15) is 35.7 Å². The van der Waals surface area contributed by atoms with Gasteiger partial charge in [-0.2, -0.15) is 0 Å². The maximum atomic E-state index is 12.9. The first kappa shape index (κ1) is 19.0. The van der Waals surface area contributed by atoms with E-state index in [-0.39, 0.29) is 24.1 Å². The Morgan fingerprint density at radius 2 is 2.07 bits per heavy atom. The topological polar surface area (TPSA) is 66.5 Å². The highest BCUT2D eigenvalue weighted by molar-refractivity contribution is 7.20. The second-order valence-electron chi connectivity index (χ2n) is 7.69. The number of hydrogen-bond donors (Lipinski definition) is 2. The maximum absolute atomic E-state index is 12.9. The molecule has 29 heavy (non-hydrogen) atoms. The minimum absolute atomic E-state index is 0.119. The maximum Gasteiger partial charge on any atom is 0.274 e. The summed E-state index contributed by atoms with van der Waals surface area (Å²) in [6, 6.07) is 10.4. The van der Waals surface area contributed by atoms with Gasteiger partial charge in [0.25, 0.3) is 5.19 Å². The first-order valence-corrected chi connectivity index (χ1v) is 11.7. The van der Waals surface area contributed by atoms with Crippen LogP contribution in [0.2, 0.25) is 0 Å². The molecular weight excluding hydrogens is 404 g/mol. The number of piperidine rings is 1. The number of fused-ring (bicyclic) bond motifs is 1. The van der Waals surface area contributed by atoms with E-state index in [0.717, 1.165) is 47.8 Å². The number of rotatable bonds is 4. The van der Waals surface area contributed by atoms with E-state index in [1.54, 1.807) is 22.7 Å². The number of nitrogens with zero attached hydrogens (tertiary/aromatic N) is 2. The fourth-order valence-electron chi connectivity index (χ4n) is 4.07. The van der Waals surface area contributed by atoms with E-state index >= 15 is 0 Å². The van der Waals surface area contributed by atoms with Gasteiger partial charge < -0.3 is 9.64 Å². The lowest BCUT2D eigenvalue weighted by molar-refractivity contribution is -0.135. The van der Waals surface area contributed by atoms with Crippen LogP contribution in [0.15, 0.2) is 35.7 Å². The number of carbonyl (C=O) groups excluding carboxylic acids is 1. The van der Waals surface area contributed by atoms with Crippen molar-refractivity contribution in [1.82, 2.24) is 20.7 Å². The summed E-state index contributed by atoms with van der Waals surface area (Å²) in [5, 5.41) is 2.81. The Labute approximate surface area is 177 Å². The monoisotopic (exact) mass is 428 g/mol. The van der Waals surface area contributed by atoms with Crippen LogP contribution in [0.25, 0.3) is 10.2 Å². The van der Waals surface area contributed by atoms with Crippen LogP contribution in [0.3, 0.4) is 0 Å². The summed E-state index contributed by atoms with van der Waals surface area (Å²) in [7, 11) is 0. The van der Waals surface area contributed by atoms with Gasteiger partial charge in [-0.15, -0.1) is 11.3 Å². The largest absolute Gasteiger partial charge is 0.467 e. The smallest absolute Gasteiger partial charge is 0.274 e. The summed E-state index contributed by atoms with van der Waals surface area (Å²) in [5.41, 5.74) is 8.66. The number of likely N-dealkylation sites (tertiary alicyclic amines) is 1. The van der Waals surface area contributed by atoms with Crippen LogP contribution in [0, 0.1) is 6.92 Å². The number of amides is 1. The Balaban J connectivity index is 1.15. The third-order valence-corrected chi connectivity index (χ3v) is 7.61. The van der Waals surface area contributed by atoms with Gasteiger partial charge in [-0.1, -0.05) is 29.5 Å². The summed E-state index contributed by atoms with van der Waals surface area (Å²) in [4.78, 5) is 20.8. The van der Waals surface area contributed by atoms with Crippen LogP contribution in [0.5, 0.6) is 5.19 Å². The van der Waals surface area contributed by atoms with Crippen molar-refractivity contribution in [2.24, 2.45) is 0 Å². The van der Waals surface area contributed by atoms with Crippen molar-refractivity contribution in [3.05, 3.63) is 46.2 Å². The number of para-hydroxylation sites is 1. The molecule has 2 unspecified atom stereocenters. The molecule has 5 rings (SSSR count). The minimum atomic E-state index is -0.160. The zero-order chi connectivity index (χ0) is 19.8. The molecule has 0 radical (unpaired) electrons. The number of thiazole rings is 1. The van der Waals surface area contributed by atoms with Crippen molar-refractivity contribution in [1.29, 1.82) is 0 Å². The lowest BCUT2D eigenvalue weighted by Gasteiger charge is -2.33. The first-order valence-electron chi connectivity index (χ1n) is 10.0. The SMILES string of the molecule is Cc1cccc2sc(OC3CCN(C(=O)C4CC(c5cccs5)NN4)CC3)nc12. The van der Waals surface area contributed by atoms with Gasteiger partial charge in [-0.05, 0) is 36.4 Å². The number of nitrogens with one attached hydrogen (secondary N) is 2. The van der Waals surface area contributed by atoms with E-state index in [1.807, 2.05) is 11.0 Å². The molecule has 0 aliphatic carbocycles. The quantitative estimate of drug-likeness (QED) is 0.664. The Morgan fingerprint density at radius 3 is 2.83 bits per heavy atom. The predicted octanol–water partition coefficient (Wildman–Crippen LogP) is 3.64. The van der Waals surface area contributed by atoms with Crippen molar-refractivity contribution in [3.8, 4) is 5.19 Å². The second kappa shape index (κ2) is 8.02. The van der Waals surface area contributed by atoms with Gasteiger partial charge in [-0.25, -0.2) is 15.8 Å². The predicted molar refractivity (Wildman–Crippen MR) is 116 cm³/mol. The number of benzene rings is 1. The number of aromatic nitrogens is 1. The molecule has 6 nitrogen and oxygen atoms in total. The van der Waals surface area contributed by atoms with Crippen molar-refractivity contribution in [2.45, 2.75) is 44.4 Å². The molecule has 0 spiro atoms. The number of hydrazine groups is 1. The van der Waals surface area contributed by atoms with Crippen molar-refractivity contribution in [3.63, 3.8) is 0 Å². The third kappa shape index (κ3) is 3.90. The van der Waals surface area contributed by atoms with Gasteiger partial charge in [0.05, 0.1) is 16.3 Å². The molecule has 2 aliphatic heterocycles. The highest BCUT2D eigenvalue weighted by Gasteiger charge is 2.35. The molecule has 4 heterocycles. The fourth-order valence-corrected chi connectivity index (χ4v) is 5.82. The van der Waals surface area contributed by atoms with Gasteiger partial charge >= 0.3 is 0 Å². The Morgan fingerprint density at radius 1 is 1.21 bits per heavy atom. The molecule has 1 aromatic carbocycles. The van der Waals surface area contributed by atoms with E-state index < -0.39 is 0 Å². The first-order chi connectivity index (χ1) is 14.2. The molecule has 3 aromatic rings. The van der Waals surface area contributed by atoms with Gasteiger partial charge in [-0.3, -0.25) is 4.79 Å². The summed E-state index contributed by atoms with van der Waals surface area (Å²) >= 11 is 3.32. The lowest BCUT2D eigenvalue weighted by atomic mass is 10.0. The highest BCUT2D eigenvalue weighted by atomic mass is 32.1. The molecule has 1 amide bonds. The molecule has 2 N–H and O–H groups in total. The molecule has 0 saturated carbocycles. The number of carbonyl (C=O) groups is 1. The summed E-state index contributed by atoms with van der Waals surface area (Å²) in [6.07, 6.45) is 2.60. The number of hydrogen-bond acceptors (Lipinski definition) is 7. The molecular formula is C21H24N4O2S2. The van der Waals surface area contributed by atoms with Crippen LogP contribution >= 0.6 is 22.7 Å². The van der Waals surface area contributed by atoms with Gasteiger partial charge in [0.1, 0.15) is 12.1 Å². The zero-order valence-corrected chi connectivity index (χ0v) is 17.9. The Kier molecular flexibility index (Phi) is 5.26. The van der Waals surface area contributed by atoms with E-state index in [4.69, 9.17) is 4.74 Å². The molecule has 8 heteroatoms. The Hall–Kier alpha value is -2.00. The third-order valence-electron chi connectivity index (χ3n) is 5.71. The van der Waals surface area contributed by atoms with E-state index in [1.165, 1.54) is 10.4 Å². The summed E-state index contributed by atoms with van der Waals surface area (Å²) in [6.45, 7) is 3.54. The van der Waals surface area contributed by atoms with Crippen molar-refractivity contribution >= 4 is 38.8 Å². The highest BCUT2D eigenvalue weighted by Crippen LogP contribution is 2.32. The van der Waals surface area contributed by atoms with Gasteiger partial charge in [0, 0.05) is 30.8 Å². The van der Waals surface area contributed by atoms with Gasteiger partial charge in [0.15, 0.2) is 0 Å². The average Bonchev–Trinajstić information content (AvgIpc) is 3.48. The normalized spacial score (nSPS) is 23.0. The molecule has 2 atom stereocenters. The van der Waals surface area contributed by atoms with Gasteiger partial charge in [0.2, 0.25) is 5.91 Å². The number of thiophene rings is 1. The van der Waals surface area contributed by atoms with E-state index in [0.29, 0.717) is 0 Å². The summed E-state index contributed by atoms with van der Waals surface area (Å²) in [5.74, 6) is 0.186. The van der Waals surface area contributed by atoms with E-state index in [9.17, 15) is 4.79 Å². The number of ether oxygens (including phenoxy) is 1. The minimum Gasteiger partial charge on any atom is -0.467 e. The lowest BCUT2D eigenvalue weighted by Crippen LogP contribution is -2.49. The van der Waals surface area contributed by atoms with Crippen LogP contribution in [0.4, 0.5) is 0 Å². The molecule has 2 fully saturated rings.